The van der Waals surface area contributed by atoms with Gasteiger partial charge in [0.2, 0.25) is 0 Å². The van der Waals surface area contributed by atoms with Crippen LogP contribution in [0.2, 0.25) is 0 Å². The van der Waals surface area contributed by atoms with Crippen LogP contribution in [-0.4, -0.2) is 18.0 Å². The minimum Gasteiger partial charge on any atom is -0.399 e. The van der Waals surface area contributed by atoms with Gasteiger partial charge in [-0.1, -0.05) is 25.1 Å². The van der Waals surface area contributed by atoms with Gasteiger partial charge < -0.3 is 5.73 Å². The zero-order valence-corrected chi connectivity index (χ0v) is 9.66. The van der Waals surface area contributed by atoms with Gasteiger partial charge in [-0.05, 0) is 30.7 Å². The van der Waals surface area contributed by atoms with Gasteiger partial charge in [0.05, 0.1) is 0 Å². The highest BCUT2D eigenvalue weighted by Crippen LogP contribution is 2.17. The van der Waals surface area contributed by atoms with E-state index in [2.05, 4.69) is 31.4 Å². The molecule has 0 fully saturated rings. The monoisotopic (exact) mass is 204 g/mol. The van der Waals surface area contributed by atoms with Gasteiger partial charge in [0.25, 0.3) is 0 Å². The van der Waals surface area contributed by atoms with E-state index in [1.165, 1.54) is 11.1 Å². The summed E-state index contributed by atoms with van der Waals surface area (Å²) in [5, 5.41) is 0. The van der Waals surface area contributed by atoms with E-state index in [9.17, 15) is 0 Å². The Balaban J connectivity index is 2.78. The van der Waals surface area contributed by atoms with Crippen molar-refractivity contribution in [2.45, 2.75) is 20.4 Å². The Kier molecular flexibility index (Phi) is 4.37. The van der Waals surface area contributed by atoms with Crippen LogP contribution in [0.3, 0.4) is 0 Å². The molecule has 0 unspecified atom stereocenters. The van der Waals surface area contributed by atoms with E-state index in [-0.39, 0.29) is 0 Å². The molecule has 0 radical (unpaired) electrons. The summed E-state index contributed by atoms with van der Waals surface area (Å²) < 4.78 is 0. The van der Waals surface area contributed by atoms with Gasteiger partial charge >= 0.3 is 0 Å². The summed E-state index contributed by atoms with van der Waals surface area (Å²) in [6.45, 7) is 10.9. The van der Waals surface area contributed by atoms with E-state index >= 15 is 0 Å². The van der Waals surface area contributed by atoms with Crippen molar-refractivity contribution in [3.63, 3.8) is 0 Å². The maximum atomic E-state index is 5.87. The Hall–Kier alpha value is -1.28. The highest BCUT2D eigenvalue weighted by atomic mass is 15.1. The van der Waals surface area contributed by atoms with Crippen LogP contribution in [0.5, 0.6) is 0 Å². The minimum atomic E-state index is 0.877. The first-order chi connectivity index (χ1) is 7.19. The molecule has 0 aliphatic carbocycles. The van der Waals surface area contributed by atoms with Gasteiger partial charge in [0.1, 0.15) is 0 Å². The lowest BCUT2D eigenvalue weighted by Crippen LogP contribution is -2.23. The Labute approximate surface area is 92.4 Å². The van der Waals surface area contributed by atoms with Crippen molar-refractivity contribution in [1.82, 2.24) is 4.90 Å². The average Bonchev–Trinajstić information content (AvgIpc) is 2.24. The number of nitrogens with two attached hydrogens (primary N) is 1. The van der Waals surface area contributed by atoms with Crippen LogP contribution >= 0.6 is 0 Å². The van der Waals surface area contributed by atoms with Gasteiger partial charge in [-0.25, -0.2) is 0 Å². The summed E-state index contributed by atoms with van der Waals surface area (Å²) in [5.74, 6) is 0. The lowest BCUT2D eigenvalue weighted by Gasteiger charge is -2.20. The highest BCUT2D eigenvalue weighted by molar-refractivity contribution is 5.49. The predicted molar refractivity (Wildman–Crippen MR) is 66.7 cm³/mol. The second kappa shape index (κ2) is 5.56. The fraction of sp³-hybridized carbons (Fsp3) is 0.385. The molecular weight excluding hydrogens is 184 g/mol. The highest BCUT2D eigenvalue weighted by Gasteiger charge is 2.05. The average molecular weight is 204 g/mol. The Morgan fingerprint density at radius 2 is 2.20 bits per heavy atom. The number of hydrogen-bond acceptors (Lipinski definition) is 2. The molecule has 0 heterocycles. The second-order valence-electron chi connectivity index (χ2n) is 3.75. The van der Waals surface area contributed by atoms with Crippen LogP contribution in [-0.2, 0) is 6.54 Å². The zero-order chi connectivity index (χ0) is 11.3. The standard InChI is InChI=1S/C13H20N2/c1-4-9-15(5-2)10-12-7-6-8-13(14)11(12)3/h4,6-8H,1,5,9-10,14H2,2-3H3. The summed E-state index contributed by atoms with van der Waals surface area (Å²) in [6, 6.07) is 6.10. The maximum Gasteiger partial charge on any atom is 0.0346 e. The molecule has 82 valence electrons. The van der Waals surface area contributed by atoms with Crippen LogP contribution < -0.4 is 5.73 Å². The Bertz CT molecular complexity index is 331. The summed E-state index contributed by atoms with van der Waals surface area (Å²) in [7, 11) is 0. The van der Waals surface area contributed by atoms with Crippen LogP contribution in [0.1, 0.15) is 18.1 Å². The van der Waals surface area contributed by atoms with E-state index in [1.807, 2.05) is 18.2 Å². The fourth-order valence-electron chi connectivity index (χ4n) is 1.60. The van der Waals surface area contributed by atoms with E-state index in [0.29, 0.717) is 0 Å². The number of rotatable bonds is 5. The number of hydrogen-bond donors (Lipinski definition) is 1. The van der Waals surface area contributed by atoms with Crippen molar-refractivity contribution in [3.8, 4) is 0 Å². The van der Waals surface area contributed by atoms with E-state index in [0.717, 1.165) is 25.3 Å². The van der Waals surface area contributed by atoms with Crippen molar-refractivity contribution in [1.29, 1.82) is 0 Å². The summed E-state index contributed by atoms with van der Waals surface area (Å²) in [4.78, 5) is 2.33. The van der Waals surface area contributed by atoms with Crippen LogP contribution in [0.25, 0.3) is 0 Å². The summed E-state index contributed by atoms with van der Waals surface area (Å²) in [6.07, 6.45) is 1.94. The molecule has 0 aliphatic heterocycles. The third-order valence-corrected chi connectivity index (χ3v) is 2.72. The quantitative estimate of drug-likeness (QED) is 0.590. The molecular formula is C13H20N2. The fourth-order valence-corrected chi connectivity index (χ4v) is 1.60. The first-order valence-corrected chi connectivity index (χ1v) is 5.36. The largest absolute Gasteiger partial charge is 0.399 e. The zero-order valence-electron chi connectivity index (χ0n) is 9.66. The number of anilines is 1. The molecule has 1 aromatic carbocycles. The normalized spacial score (nSPS) is 10.6. The maximum absolute atomic E-state index is 5.87. The van der Waals surface area contributed by atoms with Crippen molar-refractivity contribution >= 4 is 5.69 Å². The van der Waals surface area contributed by atoms with Crippen molar-refractivity contribution in [2.24, 2.45) is 0 Å². The van der Waals surface area contributed by atoms with Crippen molar-refractivity contribution < 1.29 is 0 Å². The summed E-state index contributed by atoms with van der Waals surface area (Å²) in [5.41, 5.74) is 9.25. The first kappa shape index (κ1) is 11.8. The van der Waals surface area contributed by atoms with Gasteiger partial charge in [0, 0.05) is 18.8 Å². The predicted octanol–water partition coefficient (Wildman–Crippen LogP) is 2.59. The van der Waals surface area contributed by atoms with Gasteiger partial charge in [-0.15, -0.1) is 6.58 Å². The second-order valence-corrected chi connectivity index (χ2v) is 3.75. The van der Waals surface area contributed by atoms with Crippen LogP contribution in [0, 0.1) is 6.92 Å². The third kappa shape index (κ3) is 3.10. The molecule has 0 atom stereocenters. The first-order valence-electron chi connectivity index (χ1n) is 5.36. The Morgan fingerprint density at radius 3 is 2.80 bits per heavy atom. The minimum absolute atomic E-state index is 0.877. The molecule has 2 heteroatoms. The number of nitrogen functional groups attached to an aromatic ring is 1. The molecule has 0 bridgehead atoms. The lowest BCUT2D eigenvalue weighted by atomic mass is 10.1. The number of benzene rings is 1. The molecule has 0 saturated heterocycles. The molecule has 0 saturated carbocycles. The van der Waals surface area contributed by atoms with Gasteiger partial charge in [0.15, 0.2) is 0 Å². The molecule has 2 N–H and O–H groups in total. The van der Waals surface area contributed by atoms with Crippen LogP contribution in [0.15, 0.2) is 30.9 Å². The molecule has 0 amide bonds. The van der Waals surface area contributed by atoms with E-state index < -0.39 is 0 Å². The van der Waals surface area contributed by atoms with E-state index in [1.54, 1.807) is 0 Å². The molecule has 1 aromatic rings. The lowest BCUT2D eigenvalue weighted by molar-refractivity contribution is 0.311. The topological polar surface area (TPSA) is 29.3 Å². The van der Waals surface area contributed by atoms with E-state index in [4.69, 9.17) is 5.73 Å². The smallest absolute Gasteiger partial charge is 0.0346 e. The molecule has 0 spiro atoms. The Morgan fingerprint density at radius 1 is 1.47 bits per heavy atom. The van der Waals surface area contributed by atoms with Gasteiger partial charge in [-0.3, -0.25) is 4.90 Å². The molecule has 0 aliphatic rings. The van der Waals surface area contributed by atoms with Crippen LogP contribution in [0.4, 0.5) is 5.69 Å². The molecule has 0 aromatic heterocycles. The number of likely N-dealkylation sites (N-methyl/N-ethyl adjacent to an activating group) is 1. The summed E-state index contributed by atoms with van der Waals surface area (Å²) >= 11 is 0. The van der Waals surface area contributed by atoms with Crippen molar-refractivity contribution in [3.05, 3.63) is 42.0 Å². The van der Waals surface area contributed by atoms with Gasteiger partial charge in [-0.2, -0.15) is 0 Å². The third-order valence-electron chi connectivity index (χ3n) is 2.72. The SMILES string of the molecule is C=CCN(CC)Cc1cccc(N)c1C. The molecule has 15 heavy (non-hydrogen) atoms. The molecule has 1 rings (SSSR count). The number of nitrogens with zero attached hydrogens (tertiary/aromatic N) is 1. The van der Waals surface area contributed by atoms with Crippen molar-refractivity contribution in [2.75, 3.05) is 18.8 Å². The molecule has 2 nitrogen and oxygen atoms in total.